The Balaban J connectivity index is 1.30. The fourth-order valence-electron chi connectivity index (χ4n) is 4.43. The maximum absolute atomic E-state index is 13.1. The van der Waals surface area contributed by atoms with Gasteiger partial charge in [-0.1, -0.05) is 0 Å². The lowest BCUT2D eigenvalue weighted by atomic mass is 9.82. The van der Waals surface area contributed by atoms with E-state index >= 15 is 0 Å². The highest BCUT2D eigenvalue weighted by molar-refractivity contribution is 5.91. The van der Waals surface area contributed by atoms with Crippen LogP contribution in [0.5, 0.6) is 0 Å². The number of piperazine rings is 1. The molecule has 2 fully saturated rings. The zero-order chi connectivity index (χ0) is 19.3. The number of halogens is 1. The molecule has 2 aromatic rings. The summed E-state index contributed by atoms with van der Waals surface area (Å²) in [6, 6.07) is 2.07. The minimum atomic E-state index is -0.782. The fourth-order valence-corrected chi connectivity index (χ4v) is 4.43. The van der Waals surface area contributed by atoms with Gasteiger partial charge in [0.2, 0.25) is 5.91 Å². The summed E-state index contributed by atoms with van der Waals surface area (Å²) in [5.74, 6) is 0.0314. The van der Waals surface area contributed by atoms with Gasteiger partial charge in [0.15, 0.2) is 0 Å². The van der Waals surface area contributed by atoms with E-state index in [1.165, 1.54) is 16.8 Å². The van der Waals surface area contributed by atoms with Crippen molar-refractivity contribution in [3.8, 4) is 0 Å². The first-order valence-electron chi connectivity index (χ1n) is 9.94. The topological polar surface area (TPSA) is 54.3 Å². The fraction of sp³-hybridized carbons (Fsp3) is 0.476. The summed E-state index contributed by atoms with van der Waals surface area (Å²) in [6.07, 6.45) is 8.87. The molecule has 2 aliphatic carbocycles. The van der Waals surface area contributed by atoms with E-state index in [2.05, 4.69) is 27.1 Å². The Kier molecular flexibility index (Phi) is 4.18. The molecule has 0 unspecified atom stereocenters. The minimum Gasteiger partial charge on any atom is -0.367 e. The first kappa shape index (κ1) is 17.4. The lowest BCUT2D eigenvalue weighted by Crippen LogP contribution is -2.52. The van der Waals surface area contributed by atoms with Gasteiger partial charge in [-0.15, -0.1) is 0 Å². The second kappa shape index (κ2) is 6.72. The molecule has 1 aliphatic heterocycles. The summed E-state index contributed by atoms with van der Waals surface area (Å²) in [4.78, 5) is 21.3. The number of amides is 1. The summed E-state index contributed by atoms with van der Waals surface area (Å²) < 4.78 is 14.9. The lowest BCUT2D eigenvalue weighted by Gasteiger charge is -2.40. The lowest BCUT2D eigenvalue weighted by molar-refractivity contribution is -0.140. The van der Waals surface area contributed by atoms with Crippen molar-refractivity contribution in [3.05, 3.63) is 41.5 Å². The third-order valence-electron chi connectivity index (χ3n) is 6.16. The number of carbonyl (C=O) groups is 1. The summed E-state index contributed by atoms with van der Waals surface area (Å²) in [7, 11) is 1.92. The molecular weight excluding hydrogens is 357 g/mol. The molecule has 1 amide bonds. The van der Waals surface area contributed by atoms with E-state index in [4.69, 9.17) is 0 Å². The van der Waals surface area contributed by atoms with Crippen LogP contribution < -0.4 is 4.90 Å². The molecule has 0 atom stereocenters. The predicted octanol–water partition coefficient (Wildman–Crippen LogP) is 2.31. The Morgan fingerprint density at radius 3 is 2.68 bits per heavy atom. The van der Waals surface area contributed by atoms with Crippen molar-refractivity contribution < 1.29 is 9.18 Å². The second-order valence-corrected chi connectivity index (χ2v) is 8.02. The number of pyridine rings is 1. The van der Waals surface area contributed by atoms with E-state index in [-0.39, 0.29) is 11.8 Å². The van der Waals surface area contributed by atoms with Crippen LogP contribution in [0.1, 0.15) is 29.7 Å². The molecule has 6 nitrogen and oxygen atoms in total. The Morgan fingerprint density at radius 2 is 2.00 bits per heavy atom. The van der Waals surface area contributed by atoms with Crippen molar-refractivity contribution in [2.45, 2.75) is 25.4 Å². The molecule has 146 valence electrons. The number of rotatable bonds is 3. The van der Waals surface area contributed by atoms with Crippen LogP contribution in [-0.2, 0) is 18.3 Å². The van der Waals surface area contributed by atoms with E-state index in [0.29, 0.717) is 25.9 Å². The number of carbonyl (C=O) groups excluding carboxylic acids is 1. The number of aromatic nitrogens is 3. The third kappa shape index (κ3) is 2.99. The van der Waals surface area contributed by atoms with E-state index in [0.717, 1.165) is 30.8 Å². The number of hydrogen-bond donors (Lipinski definition) is 0. The second-order valence-electron chi connectivity index (χ2n) is 8.02. The van der Waals surface area contributed by atoms with Gasteiger partial charge >= 0.3 is 0 Å². The molecule has 0 N–H and O–H groups in total. The average molecular weight is 381 g/mol. The monoisotopic (exact) mass is 381 g/mol. The molecule has 1 saturated heterocycles. The zero-order valence-electron chi connectivity index (χ0n) is 16.0. The van der Waals surface area contributed by atoms with Crippen LogP contribution in [0.2, 0.25) is 0 Å². The van der Waals surface area contributed by atoms with Crippen LogP contribution in [0.3, 0.4) is 0 Å². The van der Waals surface area contributed by atoms with Gasteiger partial charge in [0.05, 0.1) is 11.9 Å². The van der Waals surface area contributed by atoms with E-state index < -0.39 is 6.17 Å². The Morgan fingerprint density at radius 1 is 1.21 bits per heavy atom. The number of anilines is 1. The molecule has 7 heteroatoms. The van der Waals surface area contributed by atoms with Gasteiger partial charge in [-0.05, 0) is 30.6 Å². The Labute approximate surface area is 163 Å². The van der Waals surface area contributed by atoms with Crippen LogP contribution in [0.15, 0.2) is 24.7 Å². The van der Waals surface area contributed by atoms with Gasteiger partial charge in [-0.3, -0.25) is 14.5 Å². The smallest absolute Gasteiger partial charge is 0.226 e. The largest absolute Gasteiger partial charge is 0.367 e. The molecule has 0 spiro atoms. The summed E-state index contributed by atoms with van der Waals surface area (Å²) in [5, 5.41) is 4.28. The molecule has 28 heavy (non-hydrogen) atoms. The summed E-state index contributed by atoms with van der Waals surface area (Å²) in [5.41, 5.74) is 5.83. The number of alkyl halides is 1. The van der Waals surface area contributed by atoms with Crippen molar-refractivity contribution in [2.24, 2.45) is 13.0 Å². The highest BCUT2D eigenvalue weighted by Gasteiger charge is 2.38. The van der Waals surface area contributed by atoms with Gasteiger partial charge in [0.25, 0.3) is 0 Å². The van der Waals surface area contributed by atoms with E-state index in [9.17, 15) is 9.18 Å². The molecular formula is C21H24FN5O. The standard InChI is InChI=1S/C21H24FN5O/c1-25-13-16(12-24-25)14-10-18-19(11-14)23-3-2-20(18)26-4-6-27(7-5-26)21(28)15-8-17(22)9-15/h2-3,10,12-13,15,17H,4-9,11H2,1H3. The number of fused-ring (bicyclic) bond motifs is 1. The first-order chi connectivity index (χ1) is 13.6. The van der Waals surface area contributed by atoms with Crippen molar-refractivity contribution >= 4 is 23.2 Å². The SMILES string of the molecule is Cn1cc(C2=Cc3c(N4CCN(C(=O)C5CC(F)C5)CC4)ccnc3C2)cn1. The van der Waals surface area contributed by atoms with Crippen molar-refractivity contribution in [2.75, 3.05) is 31.1 Å². The predicted molar refractivity (Wildman–Crippen MR) is 105 cm³/mol. The normalized spacial score (nSPS) is 24.0. The highest BCUT2D eigenvalue weighted by Crippen LogP contribution is 2.36. The van der Waals surface area contributed by atoms with Gasteiger partial charge in [0.1, 0.15) is 6.17 Å². The molecule has 5 rings (SSSR count). The molecule has 2 aromatic heterocycles. The zero-order valence-corrected chi connectivity index (χ0v) is 16.0. The summed E-state index contributed by atoms with van der Waals surface area (Å²) in [6.45, 7) is 2.99. The van der Waals surface area contributed by atoms with Crippen LogP contribution in [0.4, 0.5) is 10.1 Å². The maximum Gasteiger partial charge on any atom is 0.226 e. The van der Waals surface area contributed by atoms with Crippen LogP contribution in [0, 0.1) is 5.92 Å². The molecule has 0 radical (unpaired) electrons. The quantitative estimate of drug-likeness (QED) is 0.819. The number of aryl methyl sites for hydroxylation is 1. The molecule has 1 saturated carbocycles. The average Bonchev–Trinajstić information content (AvgIpc) is 3.31. The molecule has 0 bridgehead atoms. The Bertz CT molecular complexity index is 938. The van der Waals surface area contributed by atoms with E-state index in [1.54, 1.807) is 0 Å². The maximum atomic E-state index is 13.1. The number of nitrogens with zero attached hydrogens (tertiary/aromatic N) is 5. The van der Waals surface area contributed by atoms with E-state index in [1.807, 2.05) is 35.2 Å². The van der Waals surface area contributed by atoms with Gasteiger partial charge in [-0.25, -0.2) is 4.39 Å². The van der Waals surface area contributed by atoms with Crippen LogP contribution in [-0.4, -0.2) is 57.9 Å². The molecule has 3 aliphatic rings. The van der Waals surface area contributed by atoms with Gasteiger partial charge in [0, 0.05) is 74.8 Å². The molecule has 0 aromatic carbocycles. The minimum absolute atomic E-state index is 0.100. The number of hydrogen-bond acceptors (Lipinski definition) is 4. The third-order valence-corrected chi connectivity index (χ3v) is 6.16. The summed E-state index contributed by atoms with van der Waals surface area (Å²) >= 11 is 0. The highest BCUT2D eigenvalue weighted by atomic mass is 19.1. The first-order valence-corrected chi connectivity index (χ1v) is 9.94. The van der Waals surface area contributed by atoms with Gasteiger partial charge in [-0.2, -0.15) is 5.10 Å². The van der Waals surface area contributed by atoms with Crippen molar-refractivity contribution in [1.82, 2.24) is 19.7 Å². The van der Waals surface area contributed by atoms with Crippen LogP contribution >= 0.6 is 0 Å². The molecule has 3 heterocycles. The van der Waals surface area contributed by atoms with Crippen LogP contribution in [0.25, 0.3) is 11.6 Å². The number of allylic oxidation sites excluding steroid dienone is 1. The van der Waals surface area contributed by atoms with Crippen molar-refractivity contribution in [1.29, 1.82) is 0 Å². The Hall–Kier alpha value is -2.70. The van der Waals surface area contributed by atoms with Gasteiger partial charge < -0.3 is 9.80 Å². The van der Waals surface area contributed by atoms with Crippen molar-refractivity contribution in [3.63, 3.8) is 0 Å².